The summed E-state index contributed by atoms with van der Waals surface area (Å²) in [6.07, 6.45) is 21.8. The Balaban J connectivity index is 2.50. The van der Waals surface area contributed by atoms with Gasteiger partial charge in [-0.1, -0.05) is 129 Å². The van der Waals surface area contributed by atoms with Gasteiger partial charge in [0.15, 0.2) is 6.10 Å². The molecule has 0 bridgehead atoms. The quantitative estimate of drug-likeness (QED) is 0.0160. The van der Waals surface area contributed by atoms with E-state index in [4.69, 9.17) is 18.5 Å². The van der Waals surface area contributed by atoms with Crippen LogP contribution in [0.4, 0.5) is 0 Å². The van der Waals surface area contributed by atoms with Crippen molar-refractivity contribution in [2.45, 2.75) is 186 Å². The van der Waals surface area contributed by atoms with E-state index < -0.39 is 50.8 Å². The van der Waals surface area contributed by atoms with E-state index in [1.807, 2.05) is 27.2 Å². The Hall–Kier alpha value is -1.37. The van der Waals surface area contributed by atoms with Gasteiger partial charge in [-0.2, -0.15) is 0 Å². The third-order valence-corrected chi connectivity index (χ3v) is 11.4. The SMILES string of the molecule is CCCCCCCCCCCCCC(=O)OC[C@H](COP(=O)(O)OCC[N+](C)(C)C)OC(=O)CCCCCC[C@@H]1[C@@H](/C=C/[C@@H](O)CCCCC)[C@H](O)C[C@@H]1O. The van der Waals surface area contributed by atoms with E-state index in [-0.39, 0.29) is 37.9 Å². The molecular weight excluding hydrogens is 725 g/mol. The number of carbonyl (C=O) groups excluding carboxylic acids is 2. The Morgan fingerprint density at radius 2 is 1.29 bits per heavy atom. The average molecular weight is 807 g/mol. The topological polar surface area (TPSA) is 169 Å². The number of esters is 2. The zero-order valence-electron chi connectivity index (χ0n) is 35.3. The van der Waals surface area contributed by atoms with Crippen molar-refractivity contribution in [3.8, 4) is 0 Å². The van der Waals surface area contributed by atoms with Crippen LogP contribution in [0.3, 0.4) is 0 Å². The lowest BCUT2D eigenvalue weighted by Crippen LogP contribution is -2.37. The highest BCUT2D eigenvalue weighted by molar-refractivity contribution is 7.47. The fourth-order valence-electron chi connectivity index (χ4n) is 6.93. The first-order chi connectivity index (χ1) is 26.2. The first-order valence-electron chi connectivity index (χ1n) is 21.7. The third-order valence-electron chi connectivity index (χ3n) is 10.4. The van der Waals surface area contributed by atoms with Crippen LogP contribution in [0.15, 0.2) is 12.2 Å². The van der Waals surface area contributed by atoms with Crippen molar-refractivity contribution < 1.29 is 57.4 Å². The molecule has 0 radical (unpaired) electrons. The molecule has 0 aromatic carbocycles. The van der Waals surface area contributed by atoms with Crippen molar-refractivity contribution in [1.29, 1.82) is 0 Å². The number of aliphatic hydroxyl groups excluding tert-OH is 3. The molecule has 1 saturated carbocycles. The van der Waals surface area contributed by atoms with Gasteiger partial charge in [0.2, 0.25) is 0 Å². The summed E-state index contributed by atoms with van der Waals surface area (Å²) in [5, 5.41) is 31.4. The number of phosphoric acid groups is 1. The zero-order valence-corrected chi connectivity index (χ0v) is 36.1. The van der Waals surface area contributed by atoms with Gasteiger partial charge in [-0.05, 0) is 31.6 Å². The van der Waals surface area contributed by atoms with Crippen molar-refractivity contribution in [3.05, 3.63) is 12.2 Å². The van der Waals surface area contributed by atoms with E-state index >= 15 is 0 Å². The Labute approximate surface area is 333 Å². The molecule has 0 heterocycles. The molecule has 7 atom stereocenters. The summed E-state index contributed by atoms with van der Waals surface area (Å²) in [5.74, 6) is -1.22. The molecule has 12 nitrogen and oxygen atoms in total. The second-order valence-electron chi connectivity index (χ2n) is 16.7. The van der Waals surface area contributed by atoms with Crippen molar-refractivity contribution >= 4 is 19.8 Å². The number of carbonyl (C=O) groups is 2. The molecule has 0 aromatic rings. The second-order valence-corrected chi connectivity index (χ2v) is 18.2. The maximum atomic E-state index is 12.8. The van der Waals surface area contributed by atoms with E-state index in [0.717, 1.165) is 64.2 Å². The smallest absolute Gasteiger partial charge is 0.462 e. The van der Waals surface area contributed by atoms with E-state index in [0.29, 0.717) is 36.7 Å². The van der Waals surface area contributed by atoms with Gasteiger partial charge in [0.1, 0.15) is 19.8 Å². The minimum Gasteiger partial charge on any atom is -0.462 e. The largest absolute Gasteiger partial charge is 0.472 e. The normalized spacial score (nSPS) is 21.1. The lowest BCUT2D eigenvalue weighted by molar-refractivity contribution is -0.870. The fraction of sp³-hybridized carbons (Fsp3) is 0.905. The lowest BCUT2D eigenvalue weighted by atomic mass is 9.88. The number of phosphoric ester groups is 1. The fourth-order valence-corrected chi connectivity index (χ4v) is 7.67. The number of aliphatic hydroxyl groups is 3. The molecule has 13 heteroatoms. The highest BCUT2D eigenvalue weighted by Crippen LogP contribution is 2.43. The minimum absolute atomic E-state index is 0.00439. The summed E-state index contributed by atoms with van der Waals surface area (Å²) in [6.45, 7) is 4.07. The maximum Gasteiger partial charge on any atom is 0.472 e. The van der Waals surface area contributed by atoms with Gasteiger partial charge in [0.25, 0.3) is 0 Å². The molecule has 0 spiro atoms. The number of nitrogens with zero attached hydrogens (tertiary/aromatic N) is 1. The minimum atomic E-state index is -4.43. The van der Waals surface area contributed by atoms with Crippen LogP contribution < -0.4 is 0 Å². The molecule has 0 saturated heterocycles. The van der Waals surface area contributed by atoms with Crippen LogP contribution in [0.25, 0.3) is 0 Å². The molecule has 0 amide bonds. The van der Waals surface area contributed by atoms with E-state index in [1.165, 1.54) is 44.9 Å². The Morgan fingerprint density at radius 3 is 1.89 bits per heavy atom. The third kappa shape index (κ3) is 27.8. The summed E-state index contributed by atoms with van der Waals surface area (Å²) in [7, 11) is 1.35. The number of hydrogen-bond acceptors (Lipinski definition) is 10. The summed E-state index contributed by atoms with van der Waals surface area (Å²) in [4.78, 5) is 35.5. The number of quaternary nitrogens is 1. The zero-order chi connectivity index (χ0) is 41.0. The molecule has 0 aromatic heterocycles. The molecule has 324 valence electrons. The van der Waals surface area contributed by atoms with Crippen LogP contribution in [-0.4, -0.2) is 109 Å². The first-order valence-corrected chi connectivity index (χ1v) is 23.2. The Kier molecular flexibility index (Phi) is 28.8. The molecular formula is C42H81NO11P+. The van der Waals surface area contributed by atoms with E-state index in [2.05, 4.69) is 13.8 Å². The number of likely N-dealkylation sites (N-methyl/N-ethyl adjacent to an activating group) is 1. The number of rotatable bonds is 35. The Bertz CT molecular complexity index is 1070. The van der Waals surface area contributed by atoms with Gasteiger partial charge in [-0.25, -0.2) is 4.57 Å². The van der Waals surface area contributed by atoms with Gasteiger partial charge in [0, 0.05) is 25.2 Å². The van der Waals surface area contributed by atoms with Gasteiger partial charge in [-0.15, -0.1) is 0 Å². The summed E-state index contributed by atoms with van der Waals surface area (Å²) in [6, 6.07) is 0. The average Bonchev–Trinajstić information content (AvgIpc) is 3.39. The van der Waals surface area contributed by atoms with Crippen LogP contribution in [-0.2, 0) is 32.7 Å². The number of unbranched alkanes of at least 4 members (excludes halogenated alkanes) is 15. The molecule has 4 N–H and O–H groups in total. The van der Waals surface area contributed by atoms with Crippen molar-refractivity contribution in [2.75, 3.05) is 47.5 Å². The van der Waals surface area contributed by atoms with Crippen LogP contribution >= 0.6 is 7.82 Å². The van der Waals surface area contributed by atoms with Crippen LogP contribution in [0.2, 0.25) is 0 Å². The number of ether oxygens (including phenoxy) is 2. The van der Waals surface area contributed by atoms with E-state index in [9.17, 15) is 34.4 Å². The molecule has 1 aliphatic carbocycles. The second kappa shape index (κ2) is 30.7. The van der Waals surface area contributed by atoms with Crippen LogP contribution in [0.5, 0.6) is 0 Å². The predicted octanol–water partition coefficient (Wildman–Crippen LogP) is 8.18. The summed E-state index contributed by atoms with van der Waals surface area (Å²) >= 11 is 0. The molecule has 55 heavy (non-hydrogen) atoms. The summed E-state index contributed by atoms with van der Waals surface area (Å²) < 4.78 is 34.2. The molecule has 1 rings (SSSR count). The molecule has 1 unspecified atom stereocenters. The van der Waals surface area contributed by atoms with Crippen molar-refractivity contribution in [1.82, 2.24) is 0 Å². The van der Waals surface area contributed by atoms with Crippen molar-refractivity contribution in [3.63, 3.8) is 0 Å². The van der Waals surface area contributed by atoms with Gasteiger partial charge < -0.3 is 34.2 Å². The van der Waals surface area contributed by atoms with Gasteiger partial charge >= 0.3 is 19.8 Å². The lowest BCUT2D eigenvalue weighted by Gasteiger charge is -2.24. The van der Waals surface area contributed by atoms with Crippen LogP contribution in [0.1, 0.15) is 162 Å². The monoisotopic (exact) mass is 807 g/mol. The van der Waals surface area contributed by atoms with E-state index in [1.54, 1.807) is 6.08 Å². The molecule has 0 aliphatic heterocycles. The Morgan fingerprint density at radius 1 is 0.745 bits per heavy atom. The van der Waals surface area contributed by atoms with Gasteiger partial charge in [-0.3, -0.25) is 18.6 Å². The van der Waals surface area contributed by atoms with Gasteiger partial charge in [0.05, 0.1) is 46.1 Å². The highest BCUT2D eigenvalue weighted by Gasteiger charge is 2.39. The standard InChI is InChI=1S/C42H80NO11P/c1-6-8-10-11-12-13-14-15-16-17-22-26-41(47)51-33-36(34-53-55(49,50)52-31-30-43(3,4)5)54-42(48)27-23-19-18-21-25-37-38(40(46)32-39(37)45)29-28-35(44)24-20-9-7-2/h28-29,35-40,44-46H,6-27,30-34H2,1-5H3/p+1/b29-28+/t35-,36+,37+,38+,39-,40+/m0/s1. The maximum absolute atomic E-state index is 12.8. The van der Waals surface area contributed by atoms with Crippen LogP contribution in [0, 0.1) is 11.8 Å². The first kappa shape index (κ1) is 51.6. The van der Waals surface area contributed by atoms with Crippen molar-refractivity contribution in [2.24, 2.45) is 11.8 Å². The highest BCUT2D eigenvalue weighted by atomic mass is 31.2. The molecule has 1 fully saturated rings. The summed E-state index contributed by atoms with van der Waals surface area (Å²) in [5.41, 5.74) is 0. The predicted molar refractivity (Wildman–Crippen MR) is 217 cm³/mol. The molecule has 1 aliphatic rings. The number of hydrogen-bond donors (Lipinski definition) is 4.